The Morgan fingerprint density at radius 2 is 1.96 bits per heavy atom. The van der Waals surface area contributed by atoms with E-state index in [2.05, 4.69) is 15.0 Å². The van der Waals surface area contributed by atoms with Crippen LogP contribution in [0.15, 0.2) is 24.4 Å². The maximum Gasteiger partial charge on any atom is 0.433 e. The minimum absolute atomic E-state index is 0.0810. The molecule has 0 fully saturated rings. The summed E-state index contributed by atoms with van der Waals surface area (Å²) in [7, 11) is 1.42. The summed E-state index contributed by atoms with van der Waals surface area (Å²) in [5.41, 5.74) is -1.46. The van der Waals surface area contributed by atoms with E-state index in [1.165, 1.54) is 11.6 Å². The van der Waals surface area contributed by atoms with E-state index in [0.717, 1.165) is 18.3 Å². The normalized spacial score (nSPS) is 11.9. The Kier molecular flexibility index (Phi) is 3.43. The highest BCUT2D eigenvalue weighted by molar-refractivity contribution is 5.79. The van der Waals surface area contributed by atoms with Crippen LogP contribution in [0.3, 0.4) is 0 Å². The minimum atomic E-state index is -4.65. The average Bonchev–Trinajstić information content (AvgIpc) is 2.83. The molecule has 3 heterocycles. The standard InChI is InChI=1S/C13H7F4N5O2/c1-21-8-5-18-9(13(15,16)17)4-7(8)19-12(21)11-6(14)2-3-10(20-11)22(23)24/h2-5H,1H3. The van der Waals surface area contributed by atoms with Crippen LogP contribution in [0.25, 0.3) is 22.6 Å². The van der Waals surface area contributed by atoms with Crippen LogP contribution in [0.2, 0.25) is 0 Å². The number of nitrogens with zero attached hydrogens (tertiary/aromatic N) is 5. The largest absolute Gasteiger partial charge is 0.433 e. The summed E-state index contributed by atoms with van der Waals surface area (Å²) in [6.45, 7) is 0. The molecular formula is C13H7F4N5O2. The second-order valence-electron chi connectivity index (χ2n) is 4.81. The Hall–Kier alpha value is -3.11. The predicted octanol–water partition coefficient (Wildman–Crippen LogP) is 3.10. The molecule has 0 amide bonds. The monoisotopic (exact) mass is 341 g/mol. The minimum Gasteiger partial charge on any atom is -0.358 e. The number of hydrogen-bond donors (Lipinski definition) is 0. The highest BCUT2D eigenvalue weighted by Gasteiger charge is 2.33. The zero-order valence-electron chi connectivity index (χ0n) is 11.9. The van der Waals surface area contributed by atoms with Crippen molar-refractivity contribution in [3.63, 3.8) is 0 Å². The van der Waals surface area contributed by atoms with E-state index >= 15 is 0 Å². The molecule has 0 aliphatic heterocycles. The Morgan fingerprint density at radius 1 is 1.25 bits per heavy atom. The van der Waals surface area contributed by atoms with Crippen molar-refractivity contribution in [3.05, 3.63) is 46.0 Å². The molecule has 0 radical (unpaired) electrons. The molecule has 0 N–H and O–H groups in total. The molecule has 0 unspecified atom stereocenters. The van der Waals surface area contributed by atoms with Crippen LogP contribution in [0.1, 0.15) is 5.69 Å². The van der Waals surface area contributed by atoms with Gasteiger partial charge in [-0.2, -0.15) is 13.2 Å². The molecule has 0 spiro atoms. The topological polar surface area (TPSA) is 86.7 Å². The van der Waals surface area contributed by atoms with Gasteiger partial charge >= 0.3 is 12.0 Å². The van der Waals surface area contributed by atoms with Gasteiger partial charge in [0.05, 0.1) is 17.2 Å². The second-order valence-corrected chi connectivity index (χ2v) is 4.81. The summed E-state index contributed by atoms with van der Waals surface area (Å²) in [5.74, 6) is -1.64. The molecule has 3 aromatic rings. The number of rotatable bonds is 2. The number of fused-ring (bicyclic) bond motifs is 1. The maximum atomic E-state index is 14.0. The van der Waals surface area contributed by atoms with Gasteiger partial charge in [-0.1, -0.05) is 0 Å². The van der Waals surface area contributed by atoms with Crippen molar-refractivity contribution in [2.45, 2.75) is 6.18 Å². The summed E-state index contributed by atoms with van der Waals surface area (Å²) in [6.07, 6.45) is -3.70. The van der Waals surface area contributed by atoms with E-state index in [9.17, 15) is 27.7 Å². The van der Waals surface area contributed by atoms with E-state index in [1.807, 2.05) is 0 Å². The third-order valence-electron chi connectivity index (χ3n) is 3.29. The molecule has 0 atom stereocenters. The SMILES string of the molecule is Cn1c(-c2nc([N+](=O)[O-])ccc2F)nc2cc(C(F)(F)F)ncc21. The molecule has 7 nitrogen and oxygen atoms in total. The fraction of sp³-hybridized carbons (Fsp3) is 0.154. The van der Waals surface area contributed by atoms with Crippen LogP contribution < -0.4 is 0 Å². The van der Waals surface area contributed by atoms with Crippen molar-refractivity contribution < 1.29 is 22.5 Å². The summed E-state index contributed by atoms with van der Waals surface area (Å²) < 4.78 is 53.3. The molecular weight excluding hydrogens is 334 g/mol. The Bertz CT molecular complexity index is 967. The maximum absolute atomic E-state index is 14.0. The van der Waals surface area contributed by atoms with Crippen LogP contribution in [-0.2, 0) is 13.2 Å². The first-order chi connectivity index (χ1) is 11.2. The van der Waals surface area contributed by atoms with E-state index < -0.39 is 34.1 Å². The fourth-order valence-corrected chi connectivity index (χ4v) is 2.15. The number of hydrogen-bond acceptors (Lipinski definition) is 5. The third kappa shape index (κ3) is 2.53. The molecule has 0 saturated carbocycles. The first-order valence-electron chi connectivity index (χ1n) is 6.39. The lowest BCUT2D eigenvalue weighted by Crippen LogP contribution is -2.07. The molecule has 0 aliphatic rings. The summed E-state index contributed by atoms with van der Waals surface area (Å²) in [6, 6.07) is 2.44. The van der Waals surface area contributed by atoms with Crippen molar-refractivity contribution >= 4 is 16.9 Å². The van der Waals surface area contributed by atoms with Crippen LogP contribution in [0.5, 0.6) is 0 Å². The smallest absolute Gasteiger partial charge is 0.358 e. The Labute approximate surface area is 130 Å². The van der Waals surface area contributed by atoms with E-state index in [-0.39, 0.29) is 16.9 Å². The van der Waals surface area contributed by atoms with Crippen molar-refractivity contribution in [3.8, 4) is 11.5 Å². The van der Waals surface area contributed by atoms with E-state index in [4.69, 9.17) is 0 Å². The lowest BCUT2D eigenvalue weighted by atomic mass is 10.3. The van der Waals surface area contributed by atoms with Crippen LogP contribution in [0.4, 0.5) is 23.4 Å². The van der Waals surface area contributed by atoms with Crippen LogP contribution in [0, 0.1) is 15.9 Å². The number of pyridine rings is 2. The average molecular weight is 341 g/mol. The van der Waals surface area contributed by atoms with Crippen molar-refractivity contribution in [2.24, 2.45) is 7.05 Å². The van der Waals surface area contributed by atoms with Gasteiger partial charge < -0.3 is 14.7 Å². The lowest BCUT2D eigenvalue weighted by molar-refractivity contribution is -0.389. The first-order valence-corrected chi connectivity index (χ1v) is 6.39. The summed E-state index contributed by atoms with van der Waals surface area (Å²) in [4.78, 5) is 20.7. The molecule has 11 heteroatoms. The number of nitro groups is 1. The zero-order chi connectivity index (χ0) is 17.6. The quantitative estimate of drug-likeness (QED) is 0.406. The molecule has 124 valence electrons. The lowest BCUT2D eigenvalue weighted by Gasteiger charge is -2.04. The van der Waals surface area contributed by atoms with Gasteiger partial charge in [0.25, 0.3) is 5.69 Å². The van der Waals surface area contributed by atoms with Gasteiger partial charge in [-0.05, 0) is 22.0 Å². The Balaban J connectivity index is 2.22. The molecule has 0 aliphatic carbocycles. The van der Waals surface area contributed by atoms with E-state index in [1.54, 1.807) is 0 Å². The fourth-order valence-electron chi connectivity index (χ4n) is 2.15. The van der Waals surface area contributed by atoms with E-state index in [0.29, 0.717) is 6.07 Å². The van der Waals surface area contributed by atoms with Gasteiger partial charge in [-0.25, -0.2) is 14.4 Å². The number of alkyl halides is 3. The molecule has 3 rings (SSSR count). The van der Waals surface area contributed by atoms with Crippen LogP contribution in [-0.4, -0.2) is 24.4 Å². The second kappa shape index (κ2) is 5.22. The van der Waals surface area contributed by atoms with Crippen LogP contribution >= 0.6 is 0 Å². The van der Waals surface area contributed by atoms with Crippen molar-refractivity contribution in [1.82, 2.24) is 19.5 Å². The van der Waals surface area contributed by atoms with Crippen molar-refractivity contribution in [1.29, 1.82) is 0 Å². The third-order valence-corrected chi connectivity index (χ3v) is 3.29. The number of imidazole rings is 1. The molecule has 24 heavy (non-hydrogen) atoms. The number of halogens is 4. The molecule has 3 aromatic heterocycles. The van der Waals surface area contributed by atoms with Gasteiger partial charge in [0.1, 0.15) is 5.69 Å². The number of aryl methyl sites for hydroxylation is 1. The van der Waals surface area contributed by atoms with Gasteiger partial charge in [0, 0.05) is 13.1 Å². The molecule has 0 aromatic carbocycles. The zero-order valence-corrected chi connectivity index (χ0v) is 11.9. The Morgan fingerprint density at radius 3 is 2.58 bits per heavy atom. The molecule has 0 saturated heterocycles. The van der Waals surface area contributed by atoms with Gasteiger partial charge in [-0.15, -0.1) is 0 Å². The highest BCUT2D eigenvalue weighted by Crippen LogP contribution is 2.31. The van der Waals surface area contributed by atoms with Gasteiger partial charge in [-0.3, -0.25) is 0 Å². The summed E-state index contributed by atoms with van der Waals surface area (Å²) >= 11 is 0. The van der Waals surface area contributed by atoms with Gasteiger partial charge in [0.2, 0.25) is 0 Å². The predicted molar refractivity (Wildman–Crippen MR) is 73.4 cm³/mol. The number of aromatic nitrogens is 4. The highest BCUT2D eigenvalue weighted by atomic mass is 19.4. The van der Waals surface area contributed by atoms with Gasteiger partial charge in [0.15, 0.2) is 11.6 Å². The van der Waals surface area contributed by atoms with Crippen molar-refractivity contribution in [2.75, 3.05) is 0 Å². The molecule has 0 bridgehead atoms. The summed E-state index contributed by atoms with van der Waals surface area (Å²) in [5, 5.41) is 10.8. The first kappa shape index (κ1) is 15.8.